The first kappa shape index (κ1) is 15.9. The number of ether oxygens (including phenoxy) is 2. The van der Waals surface area contributed by atoms with Crippen molar-refractivity contribution in [3.8, 4) is 11.6 Å². The summed E-state index contributed by atoms with van der Waals surface area (Å²) in [4.78, 5) is 10.3. The Morgan fingerprint density at radius 2 is 2.09 bits per heavy atom. The summed E-state index contributed by atoms with van der Waals surface area (Å²) in [5, 5.41) is 9.51. The SMILES string of the molecule is CO[C@@H]1C[C@@H](CO)N(Cc2ccc(Oc3cnccn3)cc2)C1. The lowest BCUT2D eigenvalue weighted by molar-refractivity contribution is 0.107. The lowest BCUT2D eigenvalue weighted by Gasteiger charge is -2.22. The van der Waals surface area contributed by atoms with E-state index >= 15 is 0 Å². The van der Waals surface area contributed by atoms with Crippen LogP contribution in [-0.4, -0.2) is 52.4 Å². The third-order valence-electron chi connectivity index (χ3n) is 4.10. The Bertz CT molecular complexity index is 606. The molecule has 1 fully saturated rings. The van der Waals surface area contributed by atoms with Crippen LogP contribution in [0, 0.1) is 0 Å². The number of aromatic nitrogens is 2. The van der Waals surface area contributed by atoms with Gasteiger partial charge in [0.1, 0.15) is 5.75 Å². The second-order valence-electron chi connectivity index (χ2n) is 5.65. The molecule has 0 spiro atoms. The third kappa shape index (κ3) is 4.04. The lowest BCUT2D eigenvalue weighted by atomic mass is 10.2. The Balaban J connectivity index is 1.61. The maximum absolute atomic E-state index is 9.51. The van der Waals surface area contributed by atoms with Crippen molar-refractivity contribution in [2.24, 2.45) is 0 Å². The van der Waals surface area contributed by atoms with Crippen LogP contribution in [0.15, 0.2) is 42.9 Å². The average molecular weight is 315 g/mol. The van der Waals surface area contributed by atoms with Crippen molar-refractivity contribution in [1.82, 2.24) is 14.9 Å². The molecule has 0 amide bonds. The molecular formula is C17H21N3O3. The largest absolute Gasteiger partial charge is 0.438 e. The Morgan fingerprint density at radius 3 is 2.74 bits per heavy atom. The first-order chi connectivity index (χ1) is 11.3. The van der Waals surface area contributed by atoms with Gasteiger partial charge in [0.2, 0.25) is 5.88 Å². The van der Waals surface area contributed by atoms with E-state index in [1.165, 1.54) is 5.56 Å². The normalized spacial score (nSPS) is 21.5. The van der Waals surface area contributed by atoms with Crippen molar-refractivity contribution >= 4 is 0 Å². The summed E-state index contributed by atoms with van der Waals surface area (Å²) in [7, 11) is 1.72. The third-order valence-corrected chi connectivity index (χ3v) is 4.10. The Morgan fingerprint density at radius 1 is 1.26 bits per heavy atom. The molecule has 2 atom stereocenters. The molecule has 1 saturated heterocycles. The highest BCUT2D eigenvalue weighted by atomic mass is 16.5. The summed E-state index contributed by atoms with van der Waals surface area (Å²) in [6.07, 6.45) is 5.86. The van der Waals surface area contributed by atoms with Crippen LogP contribution in [0.3, 0.4) is 0 Å². The van der Waals surface area contributed by atoms with E-state index in [1.807, 2.05) is 24.3 Å². The van der Waals surface area contributed by atoms with E-state index in [1.54, 1.807) is 25.7 Å². The average Bonchev–Trinajstić information content (AvgIpc) is 3.00. The molecule has 1 aromatic carbocycles. The van der Waals surface area contributed by atoms with Gasteiger partial charge >= 0.3 is 0 Å². The van der Waals surface area contributed by atoms with Crippen LogP contribution in [0.4, 0.5) is 0 Å². The zero-order valence-corrected chi connectivity index (χ0v) is 13.1. The zero-order valence-electron chi connectivity index (χ0n) is 13.1. The smallest absolute Gasteiger partial charge is 0.237 e. The molecule has 1 aromatic heterocycles. The molecule has 23 heavy (non-hydrogen) atoms. The van der Waals surface area contributed by atoms with E-state index in [2.05, 4.69) is 14.9 Å². The predicted octanol–water partition coefficient (Wildman–Crippen LogP) is 1.85. The maximum Gasteiger partial charge on any atom is 0.237 e. The molecule has 1 aliphatic heterocycles. The van der Waals surface area contributed by atoms with Gasteiger partial charge in [-0.3, -0.25) is 9.88 Å². The summed E-state index contributed by atoms with van der Waals surface area (Å²) in [6.45, 7) is 1.80. The molecule has 0 bridgehead atoms. The van der Waals surface area contributed by atoms with Crippen LogP contribution in [-0.2, 0) is 11.3 Å². The number of rotatable bonds is 6. The lowest BCUT2D eigenvalue weighted by Crippen LogP contribution is -2.31. The van der Waals surface area contributed by atoms with Crippen molar-refractivity contribution in [1.29, 1.82) is 0 Å². The van der Waals surface area contributed by atoms with E-state index in [0.717, 1.165) is 25.3 Å². The van der Waals surface area contributed by atoms with Crippen molar-refractivity contribution in [3.05, 3.63) is 48.4 Å². The number of likely N-dealkylation sites (tertiary alicyclic amines) is 1. The number of methoxy groups -OCH3 is 1. The maximum atomic E-state index is 9.51. The summed E-state index contributed by atoms with van der Waals surface area (Å²) in [5.74, 6) is 1.20. The Kier molecular flexibility index (Phi) is 5.17. The Labute approximate surface area is 135 Å². The summed E-state index contributed by atoms with van der Waals surface area (Å²) < 4.78 is 11.0. The fourth-order valence-electron chi connectivity index (χ4n) is 2.85. The van der Waals surface area contributed by atoms with E-state index in [9.17, 15) is 5.11 Å². The first-order valence-corrected chi connectivity index (χ1v) is 7.69. The van der Waals surface area contributed by atoms with E-state index in [-0.39, 0.29) is 18.8 Å². The van der Waals surface area contributed by atoms with Crippen molar-refractivity contribution in [3.63, 3.8) is 0 Å². The monoisotopic (exact) mass is 315 g/mol. The van der Waals surface area contributed by atoms with Crippen molar-refractivity contribution in [2.75, 3.05) is 20.3 Å². The van der Waals surface area contributed by atoms with Crippen molar-refractivity contribution in [2.45, 2.75) is 25.1 Å². The summed E-state index contributed by atoms with van der Waals surface area (Å²) >= 11 is 0. The molecule has 6 heteroatoms. The first-order valence-electron chi connectivity index (χ1n) is 7.69. The van der Waals surface area contributed by atoms with E-state index < -0.39 is 0 Å². The van der Waals surface area contributed by atoms with Gasteiger partial charge in [0, 0.05) is 38.6 Å². The van der Waals surface area contributed by atoms with Crippen LogP contribution in [0.25, 0.3) is 0 Å². The summed E-state index contributed by atoms with van der Waals surface area (Å²) in [5.41, 5.74) is 1.17. The number of benzene rings is 1. The minimum absolute atomic E-state index is 0.160. The standard InChI is InChI=1S/C17H21N3O3/c1-22-16-8-14(12-21)20(11-16)10-13-2-4-15(5-3-13)23-17-9-18-6-7-19-17/h2-7,9,14,16,21H,8,10-12H2,1H3/t14-,16+/m0/s1. The van der Waals surface area contributed by atoms with Gasteiger partial charge in [-0.2, -0.15) is 0 Å². The summed E-state index contributed by atoms with van der Waals surface area (Å²) in [6, 6.07) is 8.06. The molecule has 122 valence electrons. The van der Waals surface area contributed by atoms with Crippen molar-refractivity contribution < 1.29 is 14.6 Å². The van der Waals surface area contributed by atoms with Crippen LogP contribution in [0.1, 0.15) is 12.0 Å². The zero-order chi connectivity index (χ0) is 16.1. The highest BCUT2D eigenvalue weighted by Gasteiger charge is 2.31. The molecule has 0 unspecified atom stereocenters. The molecule has 2 aromatic rings. The Hall–Kier alpha value is -2.02. The highest BCUT2D eigenvalue weighted by molar-refractivity contribution is 5.30. The molecule has 0 radical (unpaired) electrons. The van der Waals surface area contributed by atoms with Crippen LogP contribution in [0.2, 0.25) is 0 Å². The molecular weight excluding hydrogens is 294 g/mol. The molecule has 2 heterocycles. The number of aliphatic hydroxyl groups is 1. The number of hydrogen-bond acceptors (Lipinski definition) is 6. The topological polar surface area (TPSA) is 67.7 Å². The minimum atomic E-state index is 0.160. The van der Waals surface area contributed by atoms with Crippen LogP contribution < -0.4 is 4.74 Å². The van der Waals surface area contributed by atoms with Gasteiger partial charge in [-0.15, -0.1) is 0 Å². The van der Waals surface area contributed by atoms with E-state index in [4.69, 9.17) is 9.47 Å². The minimum Gasteiger partial charge on any atom is -0.438 e. The van der Waals surface area contributed by atoms with Gasteiger partial charge in [-0.05, 0) is 24.1 Å². The highest BCUT2D eigenvalue weighted by Crippen LogP contribution is 2.24. The molecule has 6 nitrogen and oxygen atoms in total. The fraction of sp³-hybridized carbons (Fsp3) is 0.412. The molecule has 1 N–H and O–H groups in total. The van der Waals surface area contributed by atoms with Gasteiger partial charge in [0.15, 0.2) is 0 Å². The van der Waals surface area contributed by atoms with E-state index in [0.29, 0.717) is 5.88 Å². The molecule has 0 aliphatic carbocycles. The number of hydrogen-bond donors (Lipinski definition) is 1. The molecule has 1 aliphatic rings. The van der Waals surface area contributed by atoms with Crippen LogP contribution in [0.5, 0.6) is 11.6 Å². The predicted molar refractivity (Wildman–Crippen MR) is 85.2 cm³/mol. The fourth-order valence-corrected chi connectivity index (χ4v) is 2.85. The van der Waals surface area contributed by atoms with Gasteiger partial charge in [0.05, 0.1) is 18.9 Å². The number of nitrogens with zero attached hydrogens (tertiary/aromatic N) is 3. The second-order valence-corrected chi connectivity index (χ2v) is 5.65. The quantitative estimate of drug-likeness (QED) is 0.877. The van der Waals surface area contributed by atoms with Gasteiger partial charge < -0.3 is 14.6 Å². The van der Waals surface area contributed by atoms with Crippen LogP contribution >= 0.6 is 0 Å². The second kappa shape index (κ2) is 7.50. The molecule has 0 saturated carbocycles. The van der Waals surface area contributed by atoms with Gasteiger partial charge in [-0.1, -0.05) is 12.1 Å². The molecule has 3 rings (SSSR count). The number of aliphatic hydroxyl groups excluding tert-OH is 1. The van der Waals surface area contributed by atoms with Gasteiger partial charge in [-0.25, -0.2) is 4.98 Å². The van der Waals surface area contributed by atoms with Gasteiger partial charge in [0.25, 0.3) is 0 Å².